The van der Waals surface area contributed by atoms with Crippen LogP contribution in [-0.2, 0) is 0 Å². The number of aromatic nitrogens is 1. The van der Waals surface area contributed by atoms with Crippen molar-refractivity contribution in [1.82, 2.24) is 4.98 Å². The number of rotatable bonds is 3. The van der Waals surface area contributed by atoms with E-state index in [1.807, 2.05) is 24.0 Å². The summed E-state index contributed by atoms with van der Waals surface area (Å²) in [6, 6.07) is 4.20. The average Bonchev–Trinajstić information content (AvgIpc) is 2.31. The minimum Gasteiger partial charge on any atom is -0.249 e. The van der Waals surface area contributed by atoms with E-state index in [0.717, 1.165) is 15.8 Å². The predicted octanol–water partition coefficient (Wildman–Crippen LogP) is 4.15. The van der Waals surface area contributed by atoms with Gasteiger partial charge in [0.15, 0.2) is 0 Å². The fourth-order valence-electron chi connectivity index (χ4n) is 1.94. The molecule has 0 radical (unpaired) electrons. The van der Waals surface area contributed by atoms with Gasteiger partial charge in [-0.2, -0.15) is 0 Å². The lowest BCUT2D eigenvalue weighted by Gasteiger charge is -2.20. The highest BCUT2D eigenvalue weighted by atomic mass is 32.2. The Morgan fingerprint density at radius 2 is 2.07 bits per heavy atom. The van der Waals surface area contributed by atoms with Crippen molar-refractivity contribution in [2.45, 2.75) is 42.4 Å². The Morgan fingerprint density at radius 3 is 2.67 bits per heavy atom. The van der Waals surface area contributed by atoms with E-state index in [4.69, 9.17) is 0 Å². The van der Waals surface area contributed by atoms with Gasteiger partial charge in [-0.15, -0.1) is 11.8 Å². The lowest BCUT2D eigenvalue weighted by molar-refractivity contribution is 0.516. The van der Waals surface area contributed by atoms with E-state index in [0.29, 0.717) is 0 Å². The number of nitrogens with zero attached hydrogens (tertiary/aromatic N) is 1. The number of pyridine rings is 1. The van der Waals surface area contributed by atoms with Gasteiger partial charge >= 0.3 is 0 Å². The van der Waals surface area contributed by atoms with Crippen LogP contribution in [0, 0.1) is 0 Å². The van der Waals surface area contributed by atoms with Crippen LogP contribution < -0.4 is 0 Å². The Hall–Kier alpha value is -0.760. The normalized spacial score (nSPS) is 17.6. The van der Waals surface area contributed by atoms with Crippen molar-refractivity contribution in [2.75, 3.05) is 0 Å². The van der Waals surface area contributed by atoms with Gasteiger partial charge in [0.05, 0.1) is 5.03 Å². The quantitative estimate of drug-likeness (QED) is 0.757. The molecule has 1 heterocycles. The highest BCUT2D eigenvalue weighted by molar-refractivity contribution is 7.99. The molecule has 0 saturated heterocycles. The van der Waals surface area contributed by atoms with Crippen LogP contribution in [0.3, 0.4) is 0 Å². The fraction of sp³-hybridized carbons (Fsp3) is 0.462. The van der Waals surface area contributed by atoms with E-state index < -0.39 is 0 Å². The number of hydrogen-bond acceptors (Lipinski definition) is 2. The molecular formula is C13H17NS. The fourth-order valence-corrected chi connectivity index (χ4v) is 3.11. The highest BCUT2D eigenvalue weighted by Gasteiger charge is 2.14. The van der Waals surface area contributed by atoms with Gasteiger partial charge in [-0.05, 0) is 24.5 Å². The number of hydrogen-bond donors (Lipinski definition) is 0. The first-order valence-corrected chi connectivity index (χ1v) is 6.51. The van der Waals surface area contributed by atoms with Gasteiger partial charge in [-0.1, -0.05) is 38.0 Å². The van der Waals surface area contributed by atoms with E-state index >= 15 is 0 Å². The molecule has 15 heavy (non-hydrogen) atoms. The first-order chi connectivity index (χ1) is 7.38. The van der Waals surface area contributed by atoms with Crippen molar-refractivity contribution in [3.63, 3.8) is 0 Å². The lowest BCUT2D eigenvalue weighted by Crippen LogP contribution is -2.07. The topological polar surface area (TPSA) is 12.9 Å². The maximum absolute atomic E-state index is 4.44. The molecule has 0 N–H and O–H groups in total. The van der Waals surface area contributed by atoms with Crippen LogP contribution in [0.25, 0.3) is 6.08 Å². The third-order valence-electron chi connectivity index (χ3n) is 2.83. The molecule has 0 bridgehead atoms. The van der Waals surface area contributed by atoms with Crippen molar-refractivity contribution in [1.29, 1.82) is 0 Å². The summed E-state index contributed by atoms with van der Waals surface area (Å²) in [6.07, 6.45) is 10.6. The van der Waals surface area contributed by atoms with Crippen molar-refractivity contribution < 1.29 is 0 Å². The van der Waals surface area contributed by atoms with Crippen molar-refractivity contribution >= 4 is 17.8 Å². The summed E-state index contributed by atoms with van der Waals surface area (Å²) in [5, 5.41) is 1.95. The van der Waals surface area contributed by atoms with Crippen LogP contribution in [0.5, 0.6) is 0 Å². The monoisotopic (exact) mass is 219 g/mol. The molecule has 1 aliphatic rings. The summed E-state index contributed by atoms with van der Waals surface area (Å²) in [6.45, 7) is 3.73. The van der Waals surface area contributed by atoms with E-state index in [9.17, 15) is 0 Å². The zero-order valence-corrected chi connectivity index (χ0v) is 9.80. The Labute approximate surface area is 96.0 Å². The van der Waals surface area contributed by atoms with Gasteiger partial charge < -0.3 is 0 Å². The van der Waals surface area contributed by atoms with Gasteiger partial charge in [-0.25, -0.2) is 4.98 Å². The summed E-state index contributed by atoms with van der Waals surface area (Å²) >= 11 is 1.94. The third kappa shape index (κ3) is 3.10. The second kappa shape index (κ2) is 5.36. The summed E-state index contributed by atoms with van der Waals surface area (Å²) < 4.78 is 0. The largest absolute Gasteiger partial charge is 0.249 e. The second-order valence-corrected chi connectivity index (χ2v) is 5.33. The summed E-state index contributed by atoms with van der Waals surface area (Å²) in [5.41, 5.74) is 1.10. The second-order valence-electron chi connectivity index (χ2n) is 4.01. The van der Waals surface area contributed by atoms with Gasteiger partial charge in [0, 0.05) is 11.4 Å². The Morgan fingerprint density at radius 1 is 1.27 bits per heavy atom. The maximum atomic E-state index is 4.44. The predicted molar refractivity (Wildman–Crippen MR) is 67.1 cm³/mol. The Bertz CT molecular complexity index is 312. The van der Waals surface area contributed by atoms with Crippen LogP contribution in [-0.4, -0.2) is 10.2 Å². The zero-order chi connectivity index (χ0) is 10.5. The van der Waals surface area contributed by atoms with Crippen LogP contribution in [0.1, 0.15) is 37.7 Å². The van der Waals surface area contributed by atoms with Crippen LogP contribution in [0.2, 0.25) is 0 Å². The lowest BCUT2D eigenvalue weighted by atomic mass is 10.0. The molecule has 1 aromatic rings. The minimum atomic E-state index is 0.792. The summed E-state index contributed by atoms with van der Waals surface area (Å²) in [5.74, 6) is 0. The van der Waals surface area contributed by atoms with Crippen molar-refractivity contribution in [3.05, 3.63) is 30.5 Å². The Kier molecular flexibility index (Phi) is 3.84. The third-order valence-corrected chi connectivity index (χ3v) is 4.12. The molecule has 1 aromatic heterocycles. The van der Waals surface area contributed by atoms with Gasteiger partial charge in [0.2, 0.25) is 0 Å². The van der Waals surface area contributed by atoms with E-state index in [1.54, 1.807) is 0 Å². The van der Waals surface area contributed by atoms with E-state index in [-0.39, 0.29) is 0 Å². The van der Waals surface area contributed by atoms with Crippen LogP contribution >= 0.6 is 11.8 Å². The summed E-state index contributed by atoms with van der Waals surface area (Å²) in [4.78, 5) is 4.44. The van der Waals surface area contributed by atoms with E-state index in [1.165, 1.54) is 32.1 Å². The molecular weight excluding hydrogens is 202 g/mol. The van der Waals surface area contributed by atoms with Gasteiger partial charge in [0.1, 0.15) is 0 Å². The molecule has 0 amide bonds. The van der Waals surface area contributed by atoms with Crippen LogP contribution in [0.4, 0.5) is 0 Å². The number of thioether (sulfide) groups is 1. The van der Waals surface area contributed by atoms with Crippen LogP contribution in [0.15, 0.2) is 29.9 Å². The molecule has 2 heteroatoms. The van der Waals surface area contributed by atoms with E-state index in [2.05, 4.69) is 23.7 Å². The standard InChI is InChI=1S/C13H17NS/c1-2-11-8-9-13(14-10-11)15-12-6-4-3-5-7-12/h2,8-10,12H,1,3-7H2. The molecule has 0 aliphatic heterocycles. The molecule has 0 unspecified atom stereocenters. The first kappa shape index (κ1) is 10.7. The minimum absolute atomic E-state index is 0.792. The molecule has 0 aromatic carbocycles. The average molecular weight is 219 g/mol. The molecule has 1 saturated carbocycles. The summed E-state index contributed by atoms with van der Waals surface area (Å²) in [7, 11) is 0. The first-order valence-electron chi connectivity index (χ1n) is 5.63. The smallest absolute Gasteiger partial charge is 0.0962 e. The zero-order valence-electron chi connectivity index (χ0n) is 8.98. The molecule has 0 spiro atoms. The molecule has 0 atom stereocenters. The highest BCUT2D eigenvalue weighted by Crippen LogP contribution is 2.32. The maximum Gasteiger partial charge on any atom is 0.0962 e. The molecule has 1 fully saturated rings. The van der Waals surface area contributed by atoms with Gasteiger partial charge in [0.25, 0.3) is 0 Å². The molecule has 2 rings (SSSR count). The van der Waals surface area contributed by atoms with Crippen molar-refractivity contribution in [3.8, 4) is 0 Å². The molecule has 80 valence electrons. The molecule has 1 nitrogen and oxygen atoms in total. The van der Waals surface area contributed by atoms with Gasteiger partial charge in [-0.3, -0.25) is 0 Å². The molecule has 1 aliphatic carbocycles. The SMILES string of the molecule is C=Cc1ccc(SC2CCCCC2)nc1. The van der Waals surface area contributed by atoms with Crippen molar-refractivity contribution in [2.24, 2.45) is 0 Å². The Balaban J connectivity index is 1.94.